The number of hydrogen-bond donors (Lipinski definition) is 3. The van der Waals surface area contributed by atoms with Gasteiger partial charge in [-0.25, -0.2) is 0 Å². The summed E-state index contributed by atoms with van der Waals surface area (Å²) in [6, 6.07) is 11.8. The minimum absolute atomic E-state index is 0. The number of aromatic amines is 1. The van der Waals surface area contributed by atoms with Gasteiger partial charge in [0.2, 0.25) is 0 Å². The third kappa shape index (κ3) is 3.12. The lowest BCUT2D eigenvalue weighted by molar-refractivity contribution is 0.477. The van der Waals surface area contributed by atoms with Crippen LogP contribution in [0.4, 0.5) is 0 Å². The summed E-state index contributed by atoms with van der Waals surface area (Å²) < 4.78 is 0.678. The molecule has 0 amide bonds. The molecule has 4 N–H and O–H groups in total. The van der Waals surface area contributed by atoms with Gasteiger partial charge in [-0.05, 0) is 53.6 Å². The number of phenolic OH excluding ortho intramolecular Hbond substituents is 1. The van der Waals surface area contributed by atoms with Crippen molar-refractivity contribution in [3.8, 4) is 16.9 Å². The SMILES string of the molecule is Cc1cc(O)c(-c2ccc([C@H](C)CN)cc2)c2c1[nH]c(=O)c1sccc12.Cl. The summed E-state index contributed by atoms with van der Waals surface area (Å²) in [7, 11) is 0. The zero-order valence-electron chi connectivity index (χ0n) is 15.1. The van der Waals surface area contributed by atoms with Gasteiger partial charge in [0, 0.05) is 16.3 Å². The maximum absolute atomic E-state index is 12.4. The Morgan fingerprint density at radius 2 is 1.93 bits per heavy atom. The third-order valence-electron chi connectivity index (χ3n) is 5.00. The second-order valence-electron chi connectivity index (χ2n) is 6.71. The van der Waals surface area contributed by atoms with E-state index in [1.165, 1.54) is 16.9 Å². The number of benzene rings is 2. The standard InChI is InChI=1S/C21H20N2O2S.ClH/c1-11-9-16(24)17(14-5-3-13(4-6-14)12(2)10-22)18-15-7-8-26-20(15)21(25)23-19(11)18;/h3-9,12,24H,10,22H2,1-2H3,(H,23,25);1H/t12-;/m1./s1. The zero-order valence-corrected chi connectivity index (χ0v) is 16.7. The van der Waals surface area contributed by atoms with E-state index >= 15 is 0 Å². The van der Waals surface area contributed by atoms with Crippen LogP contribution in [-0.2, 0) is 0 Å². The molecule has 0 aliphatic heterocycles. The highest BCUT2D eigenvalue weighted by molar-refractivity contribution is 7.17. The molecule has 0 fully saturated rings. The molecule has 140 valence electrons. The number of aromatic hydroxyl groups is 1. The van der Waals surface area contributed by atoms with Crippen LogP contribution in [0, 0.1) is 6.92 Å². The largest absolute Gasteiger partial charge is 0.507 e. The molecule has 0 bridgehead atoms. The summed E-state index contributed by atoms with van der Waals surface area (Å²) in [5.41, 5.74) is 10.1. The van der Waals surface area contributed by atoms with Crippen LogP contribution >= 0.6 is 23.7 Å². The van der Waals surface area contributed by atoms with Crippen molar-refractivity contribution in [2.75, 3.05) is 6.54 Å². The number of aromatic nitrogens is 1. The maximum atomic E-state index is 12.4. The smallest absolute Gasteiger partial charge is 0.266 e. The van der Waals surface area contributed by atoms with Crippen molar-refractivity contribution in [2.45, 2.75) is 19.8 Å². The summed E-state index contributed by atoms with van der Waals surface area (Å²) in [4.78, 5) is 15.4. The van der Waals surface area contributed by atoms with Gasteiger partial charge in [0.15, 0.2) is 0 Å². The van der Waals surface area contributed by atoms with E-state index in [0.717, 1.165) is 33.0 Å². The molecule has 0 unspecified atom stereocenters. The molecular weight excluding hydrogens is 380 g/mol. The minimum atomic E-state index is -0.0886. The van der Waals surface area contributed by atoms with E-state index in [9.17, 15) is 9.90 Å². The van der Waals surface area contributed by atoms with E-state index in [1.807, 2.05) is 30.5 Å². The molecule has 4 rings (SSSR count). The predicted octanol–water partition coefficient (Wildman–Crippen LogP) is 4.91. The summed E-state index contributed by atoms with van der Waals surface area (Å²) >= 11 is 1.41. The lowest BCUT2D eigenvalue weighted by Gasteiger charge is -2.14. The van der Waals surface area contributed by atoms with Crippen molar-refractivity contribution in [1.82, 2.24) is 4.98 Å². The first kappa shape index (κ1) is 19.4. The molecular formula is C21H21ClN2O2S. The van der Waals surface area contributed by atoms with Crippen LogP contribution in [-0.4, -0.2) is 16.6 Å². The number of fused-ring (bicyclic) bond motifs is 3. The summed E-state index contributed by atoms with van der Waals surface area (Å²) in [6.07, 6.45) is 0. The van der Waals surface area contributed by atoms with Gasteiger partial charge < -0.3 is 15.8 Å². The molecule has 4 aromatic rings. The highest BCUT2D eigenvalue weighted by atomic mass is 35.5. The Bertz CT molecular complexity index is 1180. The molecule has 2 aromatic heterocycles. The number of halogens is 1. The average molecular weight is 401 g/mol. The first-order valence-electron chi connectivity index (χ1n) is 8.57. The first-order chi connectivity index (χ1) is 12.5. The molecule has 0 saturated heterocycles. The van der Waals surface area contributed by atoms with Gasteiger partial charge in [-0.3, -0.25) is 4.79 Å². The van der Waals surface area contributed by atoms with Crippen LogP contribution in [0.15, 0.2) is 46.6 Å². The molecule has 1 atom stereocenters. The molecule has 2 aromatic carbocycles. The zero-order chi connectivity index (χ0) is 18.4. The number of nitrogens with two attached hydrogens (primary N) is 1. The van der Waals surface area contributed by atoms with Gasteiger partial charge in [0.25, 0.3) is 5.56 Å². The Morgan fingerprint density at radius 3 is 2.59 bits per heavy atom. The number of H-pyrrole nitrogens is 1. The number of pyridine rings is 1. The average Bonchev–Trinajstić information content (AvgIpc) is 3.13. The Morgan fingerprint density at radius 1 is 1.22 bits per heavy atom. The van der Waals surface area contributed by atoms with Crippen LogP contribution < -0.4 is 11.3 Å². The molecule has 0 aliphatic rings. The van der Waals surface area contributed by atoms with Gasteiger partial charge >= 0.3 is 0 Å². The Hall–Kier alpha value is -2.34. The molecule has 27 heavy (non-hydrogen) atoms. The Balaban J connectivity index is 0.00000210. The highest BCUT2D eigenvalue weighted by Crippen LogP contribution is 2.41. The summed E-state index contributed by atoms with van der Waals surface area (Å²) in [6.45, 7) is 4.58. The van der Waals surface area contributed by atoms with Crippen molar-refractivity contribution in [3.05, 3.63) is 63.3 Å². The van der Waals surface area contributed by atoms with E-state index in [4.69, 9.17) is 5.73 Å². The molecule has 6 heteroatoms. The monoisotopic (exact) mass is 400 g/mol. The van der Waals surface area contributed by atoms with Crippen LogP contribution in [0.25, 0.3) is 32.1 Å². The fourth-order valence-electron chi connectivity index (χ4n) is 3.49. The van der Waals surface area contributed by atoms with E-state index in [-0.39, 0.29) is 29.6 Å². The van der Waals surface area contributed by atoms with Crippen LogP contribution in [0.3, 0.4) is 0 Å². The van der Waals surface area contributed by atoms with Gasteiger partial charge in [-0.15, -0.1) is 23.7 Å². The van der Waals surface area contributed by atoms with E-state index in [0.29, 0.717) is 11.2 Å². The van der Waals surface area contributed by atoms with Gasteiger partial charge in [-0.2, -0.15) is 0 Å². The van der Waals surface area contributed by atoms with Crippen molar-refractivity contribution in [2.24, 2.45) is 5.73 Å². The van der Waals surface area contributed by atoms with E-state index in [2.05, 4.69) is 24.0 Å². The Kier molecular flexibility index (Phi) is 5.29. The van der Waals surface area contributed by atoms with Crippen molar-refractivity contribution in [3.63, 3.8) is 0 Å². The number of hydrogen-bond acceptors (Lipinski definition) is 4. The first-order valence-corrected chi connectivity index (χ1v) is 9.45. The molecule has 0 saturated carbocycles. The summed E-state index contributed by atoms with van der Waals surface area (Å²) in [5.74, 6) is 0.501. The lowest BCUT2D eigenvalue weighted by atomic mass is 9.93. The number of rotatable bonds is 3. The summed E-state index contributed by atoms with van der Waals surface area (Å²) in [5, 5.41) is 14.4. The molecule has 0 spiro atoms. The number of aryl methyl sites for hydroxylation is 1. The van der Waals surface area contributed by atoms with Gasteiger partial charge in [-0.1, -0.05) is 31.2 Å². The molecule has 4 nitrogen and oxygen atoms in total. The number of nitrogens with one attached hydrogen (secondary N) is 1. The van der Waals surface area contributed by atoms with Crippen LogP contribution in [0.2, 0.25) is 0 Å². The fraction of sp³-hybridized carbons (Fsp3) is 0.190. The number of thiophene rings is 1. The molecule has 2 heterocycles. The minimum Gasteiger partial charge on any atom is -0.507 e. The topological polar surface area (TPSA) is 79.1 Å². The van der Waals surface area contributed by atoms with E-state index < -0.39 is 0 Å². The predicted molar refractivity (Wildman–Crippen MR) is 117 cm³/mol. The van der Waals surface area contributed by atoms with Crippen molar-refractivity contribution < 1.29 is 5.11 Å². The van der Waals surface area contributed by atoms with Crippen molar-refractivity contribution in [1.29, 1.82) is 0 Å². The fourth-order valence-corrected chi connectivity index (χ4v) is 4.28. The highest BCUT2D eigenvalue weighted by Gasteiger charge is 2.17. The van der Waals surface area contributed by atoms with Crippen LogP contribution in [0.1, 0.15) is 24.0 Å². The Labute approximate surface area is 167 Å². The third-order valence-corrected chi connectivity index (χ3v) is 5.92. The normalized spacial score (nSPS) is 12.3. The van der Waals surface area contributed by atoms with Crippen LogP contribution in [0.5, 0.6) is 5.75 Å². The second-order valence-corrected chi connectivity index (χ2v) is 7.63. The van der Waals surface area contributed by atoms with Gasteiger partial charge in [0.05, 0.1) is 5.52 Å². The van der Waals surface area contributed by atoms with Gasteiger partial charge in [0.1, 0.15) is 10.4 Å². The van der Waals surface area contributed by atoms with E-state index in [1.54, 1.807) is 6.07 Å². The number of phenols is 1. The maximum Gasteiger partial charge on any atom is 0.266 e. The van der Waals surface area contributed by atoms with Crippen molar-refractivity contribution >= 4 is 44.7 Å². The molecule has 0 aliphatic carbocycles. The quantitative estimate of drug-likeness (QED) is 0.457. The lowest BCUT2D eigenvalue weighted by Crippen LogP contribution is -2.08. The second kappa shape index (κ2) is 7.35. The molecule has 0 radical (unpaired) electrons.